The summed E-state index contributed by atoms with van der Waals surface area (Å²) in [5, 5.41) is 2.93. The standard InChI is InChI=1S/C17H18INO/c1-3-12(2)13-7-9-16(10-8-13)19-17(20)14-5-4-6-15(18)11-14/h4-12H,3H2,1-2H3,(H,19,20). The Morgan fingerprint density at radius 1 is 1.20 bits per heavy atom. The summed E-state index contributed by atoms with van der Waals surface area (Å²) in [7, 11) is 0. The average molecular weight is 379 g/mol. The molecular formula is C17H18INO. The lowest BCUT2D eigenvalue weighted by Crippen LogP contribution is -2.11. The second kappa shape index (κ2) is 6.88. The van der Waals surface area contributed by atoms with Crippen LogP contribution in [0.1, 0.15) is 42.1 Å². The van der Waals surface area contributed by atoms with Crippen molar-refractivity contribution in [3.8, 4) is 0 Å². The van der Waals surface area contributed by atoms with Gasteiger partial charge in [-0.1, -0.05) is 32.0 Å². The molecule has 0 bridgehead atoms. The summed E-state index contributed by atoms with van der Waals surface area (Å²) in [5.41, 5.74) is 2.82. The van der Waals surface area contributed by atoms with E-state index in [1.807, 2.05) is 36.4 Å². The monoisotopic (exact) mass is 379 g/mol. The Labute approximate surface area is 133 Å². The van der Waals surface area contributed by atoms with Crippen LogP contribution in [0.3, 0.4) is 0 Å². The van der Waals surface area contributed by atoms with E-state index in [0.29, 0.717) is 11.5 Å². The maximum Gasteiger partial charge on any atom is 0.255 e. The van der Waals surface area contributed by atoms with Gasteiger partial charge in [-0.3, -0.25) is 4.79 Å². The number of amides is 1. The molecule has 0 aliphatic rings. The summed E-state index contributed by atoms with van der Waals surface area (Å²) in [5.74, 6) is 0.482. The van der Waals surface area contributed by atoms with Crippen LogP contribution in [0, 0.1) is 3.57 Å². The Morgan fingerprint density at radius 3 is 2.50 bits per heavy atom. The summed E-state index contributed by atoms with van der Waals surface area (Å²) in [6, 6.07) is 15.7. The van der Waals surface area contributed by atoms with Crippen LogP contribution in [0.4, 0.5) is 5.69 Å². The molecule has 1 amide bonds. The number of hydrogen-bond donors (Lipinski definition) is 1. The second-order valence-corrected chi connectivity index (χ2v) is 6.14. The van der Waals surface area contributed by atoms with E-state index in [1.54, 1.807) is 0 Å². The van der Waals surface area contributed by atoms with E-state index in [9.17, 15) is 4.79 Å². The van der Waals surface area contributed by atoms with Crippen molar-refractivity contribution in [3.63, 3.8) is 0 Å². The van der Waals surface area contributed by atoms with Crippen LogP contribution in [0.5, 0.6) is 0 Å². The molecule has 2 rings (SSSR count). The molecule has 0 fully saturated rings. The molecule has 0 radical (unpaired) electrons. The Balaban J connectivity index is 2.08. The Kier molecular flexibility index (Phi) is 5.17. The fourth-order valence-corrected chi connectivity index (χ4v) is 2.51. The Hall–Kier alpha value is -1.36. The van der Waals surface area contributed by atoms with Crippen LogP contribution >= 0.6 is 22.6 Å². The first-order valence-corrected chi connectivity index (χ1v) is 7.85. The van der Waals surface area contributed by atoms with Gasteiger partial charge < -0.3 is 5.32 Å². The van der Waals surface area contributed by atoms with E-state index in [4.69, 9.17) is 0 Å². The molecule has 1 unspecified atom stereocenters. The molecule has 0 saturated carbocycles. The molecule has 0 aromatic heterocycles. The van der Waals surface area contributed by atoms with Gasteiger partial charge in [0.05, 0.1) is 0 Å². The first-order chi connectivity index (χ1) is 9.60. The topological polar surface area (TPSA) is 29.1 Å². The van der Waals surface area contributed by atoms with Crippen molar-refractivity contribution in [2.24, 2.45) is 0 Å². The molecule has 104 valence electrons. The zero-order valence-electron chi connectivity index (χ0n) is 11.7. The molecule has 2 nitrogen and oxygen atoms in total. The van der Waals surface area contributed by atoms with E-state index in [0.717, 1.165) is 15.7 Å². The number of rotatable bonds is 4. The van der Waals surface area contributed by atoms with Gasteiger partial charge in [0.15, 0.2) is 0 Å². The quantitative estimate of drug-likeness (QED) is 0.740. The molecule has 0 saturated heterocycles. The van der Waals surface area contributed by atoms with Crippen LogP contribution in [-0.4, -0.2) is 5.91 Å². The molecule has 20 heavy (non-hydrogen) atoms. The van der Waals surface area contributed by atoms with E-state index in [1.165, 1.54) is 5.56 Å². The van der Waals surface area contributed by atoms with Gasteiger partial charge in [0.25, 0.3) is 5.91 Å². The predicted molar refractivity (Wildman–Crippen MR) is 92.3 cm³/mol. The molecule has 0 aliphatic heterocycles. The Bertz CT molecular complexity index is 592. The molecule has 3 heteroatoms. The smallest absolute Gasteiger partial charge is 0.255 e. The summed E-state index contributed by atoms with van der Waals surface area (Å²) >= 11 is 2.21. The van der Waals surface area contributed by atoms with Crippen molar-refractivity contribution >= 4 is 34.2 Å². The molecule has 0 spiro atoms. The number of nitrogens with one attached hydrogen (secondary N) is 1. The van der Waals surface area contributed by atoms with Gasteiger partial charge in [-0.15, -0.1) is 0 Å². The zero-order chi connectivity index (χ0) is 14.5. The van der Waals surface area contributed by atoms with Crippen LogP contribution in [-0.2, 0) is 0 Å². The second-order valence-electron chi connectivity index (χ2n) is 4.90. The third-order valence-corrected chi connectivity index (χ3v) is 4.11. The highest BCUT2D eigenvalue weighted by Crippen LogP contribution is 2.21. The number of carbonyl (C=O) groups excluding carboxylic acids is 1. The van der Waals surface area contributed by atoms with Crippen molar-refractivity contribution < 1.29 is 4.79 Å². The summed E-state index contributed by atoms with van der Waals surface area (Å²) in [4.78, 5) is 12.1. The maximum atomic E-state index is 12.1. The van der Waals surface area contributed by atoms with Crippen molar-refractivity contribution in [1.82, 2.24) is 0 Å². The van der Waals surface area contributed by atoms with Crippen LogP contribution < -0.4 is 5.32 Å². The van der Waals surface area contributed by atoms with Crippen LogP contribution in [0.25, 0.3) is 0 Å². The minimum absolute atomic E-state index is 0.0696. The van der Waals surface area contributed by atoms with E-state index >= 15 is 0 Å². The lowest BCUT2D eigenvalue weighted by atomic mass is 9.98. The third kappa shape index (κ3) is 3.82. The highest BCUT2D eigenvalue weighted by Gasteiger charge is 2.07. The maximum absolute atomic E-state index is 12.1. The van der Waals surface area contributed by atoms with Crippen molar-refractivity contribution in [2.45, 2.75) is 26.2 Å². The number of anilines is 1. The first kappa shape index (κ1) is 15.0. The van der Waals surface area contributed by atoms with Crippen LogP contribution in [0.2, 0.25) is 0 Å². The molecule has 1 N–H and O–H groups in total. The van der Waals surface area contributed by atoms with Crippen molar-refractivity contribution in [2.75, 3.05) is 5.32 Å². The largest absolute Gasteiger partial charge is 0.322 e. The van der Waals surface area contributed by atoms with Crippen molar-refractivity contribution in [1.29, 1.82) is 0 Å². The van der Waals surface area contributed by atoms with Gasteiger partial charge in [-0.25, -0.2) is 0 Å². The van der Waals surface area contributed by atoms with Gasteiger partial charge in [0.2, 0.25) is 0 Å². The molecule has 0 heterocycles. The van der Waals surface area contributed by atoms with Crippen molar-refractivity contribution in [3.05, 3.63) is 63.2 Å². The normalized spacial score (nSPS) is 11.9. The SMILES string of the molecule is CCC(C)c1ccc(NC(=O)c2cccc(I)c2)cc1. The summed E-state index contributed by atoms with van der Waals surface area (Å²) < 4.78 is 1.06. The lowest BCUT2D eigenvalue weighted by molar-refractivity contribution is 0.102. The van der Waals surface area contributed by atoms with Gasteiger partial charge >= 0.3 is 0 Å². The van der Waals surface area contributed by atoms with E-state index in [2.05, 4.69) is 53.9 Å². The summed E-state index contributed by atoms with van der Waals surface area (Å²) in [6.07, 6.45) is 1.12. The summed E-state index contributed by atoms with van der Waals surface area (Å²) in [6.45, 7) is 4.39. The van der Waals surface area contributed by atoms with Crippen LogP contribution in [0.15, 0.2) is 48.5 Å². The van der Waals surface area contributed by atoms with Gasteiger partial charge in [0.1, 0.15) is 0 Å². The molecule has 2 aromatic rings. The molecule has 0 aliphatic carbocycles. The molecule has 1 atom stereocenters. The number of benzene rings is 2. The molecular weight excluding hydrogens is 361 g/mol. The fourth-order valence-electron chi connectivity index (χ4n) is 1.96. The predicted octanol–water partition coefficient (Wildman–Crippen LogP) is 5.06. The van der Waals surface area contributed by atoms with E-state index in [-0.39, 0.29) is 5.91 Å². The third-order valence-electron chi connectivity index (χ3n) is 3.44. The van der Waals surface area contributed by atoms with Gasteiger partial charge in [-0.2, -0.15) is 0 Å². The Morgan fingerprint density at radius 2 is 1.90 bits per heavy atom. The fraction of sp³-hybridized carbons (Fsp3) is 0.235. The number of carbonyl (C=O) groups is 1. The highest BCUT2D eigenvalue weighted by molar-refractivity contribution is 14.1. The minimum Gasteiger partial charge on any atom is -0.322 e. The minimum atomic E-state index is -0.0696. The molecule has 2 aromatic carbocycles. The number of hydrogen-bond acceptors (Lipinski definition) is 1. The first-order valence-electron chi connectivity index (χ1n) is 6.77. The van der Waals surface area contributed by atoms with E-state index < -0.39 is 0 Å². The number of halogens is 1. The lowest BCUT2D eigenvalue weighted by Gasteiger charge is -2.10. The van der Waals surface area contributed by atoms with Gasteiger partial charge in [0, 0.05) is 14.8 Å². The zero-order valence-corrected chi connectivity index (χ0v) is 13.8. The average Bonchev–Trinajstić information content (AvgIpc) is 2.47. The van der Waals surface area contributed by atoms with Gasteiger partial charge in [-0.05, 0) is 70.8 Å². The highest BCUT2D eigenvalue weighted by atomic mass is 127.